The lowest BCUT2D eigenvalue weighted by molar-refractivity contribution is -1.03. The third-order valence-electron chi connectivity index (χ3n) is 15.1. The number of hydrogen-bond acceptors (Lipinski definition) is 14. The number of allylic oxidation sites excluding steroid dienone is 1. The second-order valence-corrected chi connectivity index (χ2v) is 21.5. The number of aliphatic hydroxyl groups excluding tert-OH is 6. The average Bonchev–Trinajstić information content (AvgIpc) is 3.50. The predicted octanol–water partition coefficient (Wildman–Crippen LogP) is 2.94. The molecule has 3 saturated carbocycles. The van der Waals surface area contributed by atoms with Crippen molar-refractivity contribution in [2.45, 2.75) is 173 Å². The van der Waals surface area contributed by atoms with Gasteiger partial charge in [0.15, 0.2) is 12.6 Å². The van der Waals surface area contributed by atoms with Crippen molar-refractivity contribution in [1.29, 1.82) is 0 Å². The minimum atomic E-state index is -4.56. The van der Waals surface area contributed by atoms with E-state index in [-0.39, 0.29) is 11.5 Å². The summed E-state index contributed by atoms with van der Waals surface area (Å²) in [5, 5.41) is 64.7. The summed E-state index contributed by atoms with van der Waals surface area (Å²) in [5.74, 6) is 4.39. The number of ether oxygens (including phenoxy) is 4. The van der Waals surface area contributed by atoms with Crippen LogP contribution in [-0.4, -0.2) is 146 Å². The summed E-state index contributed by atoms with van der Waals surface area (Å²) in [6.45, 7) is 10.7. The summed E-state index contributed by atoms with van der Waals surface area (Å²) in [7, 11) is -0.248. The van der Waals surface area contributed by atoms with Crippen molar-refractivity contribution in [3.63, 3.8) is 0 Å². The molecule has 0 bridgehead atoms. The van der Waals surface area contributed by atoms with Gasteiger partial charge in [0.2, 0.25) is 0 Å². The van der Waals surface area contributed by atoms with E-state index in [0.29, 0.717) is 23.7 Å². The molecule has 2 saturated heterocycles. The molecule has 58 heavy (non-hydrogen) atoms. The van der Waals surface area contributed by atoms with E-state index in [1.807, 2.05) is 0 Å². The van der Waals surface area contributed by atoms with Crippen LogP contribution in [0.25, 0.3) is 0 Å². The number of fused-ring (bicyclic) bond motifs is 5. The molecule has 6 N–H and O–H groups in total. The summed E-state index contributed by atoms with van der Waals surface area (Å²) in [6, 6.07) is 0. The molecular weight excluding hydrogens is 775 g/mol. The van der Waals surface area contributed by atoms with Crippen molar-refractivity contribution >= 4 is 10.4 Å². The van der Waals surface area contributed by atoms with Gasteiger partial charge in [0.05, 0.1) is 40.5 Å². The van der Waals surface area contributed by atoms with Crippen molar-refractivity contribution in [2.75, 3.05) is 34.4 Å². The lowest BCUT2D eigenvalue weighted by atomic mass is 9.47. The van der Waals surface area contributed by atoms with Crippen LogP contribution in [0, 0.1) is 46.3 Å². The number of hydroxylamine groups is 3. The third kappa shape index (κ3) is 9.70. The lowest BCUT2D eigenvalue weighted by Crippen LogP contribution is -2.65. The highest BCUT2D eigenvalue weighted by Gasteiger charge is 2.60. The van der Waals surface area contributed by atoms with Crippen LogP contribution in [-0.2, 0) is 37.8 Å². The monoisotopic (exact) mass is 848 g/mol. The summed E-state index contributed by atoms with van der Waals surface area (Å²) in [4.78, 5) is 0. The average molecular weight is 849 g/mol. The Morgan fingerprint density at radius 3 is 2.17 bits per heavy atom. The molecule has 16 heteroatoms. The zero-order valence-corrected chi connectivity index (χ0v) is 36.7. The third-order valence-corrected chi connectivity index (χ3v) is 16.1. The van der Waals surface area contributed by atoms with E-state index in [2.05, 4.69) is 40.7 Å². The highest BCUT2D eigenvalue weighted by atomic mass is 32.3. The molecule has 1 unspecified atom stereocenters. The highest BCUT2D eigenvalue weighted by Crippen LogP contribution is 2.67. The van der Waals surface area contributed by atoms with E-state index in [9.17, 15) is 39.1 Å². The fourth-order valence-electron chi connectivity index (χ4n) is 12.1. The van der Waals surface area contributed by atoms with Gasteiger partial charge in [0.1, 0.15) is 48.8 Å². The quantitative estimate of drug-likeness (QED) is 0.0796. The van der Waals surface area contributed by atoms with E-state index in [0.717, 1.165) is 42.9 Å². The Morgan fingerprint density at radius 2 is 1.50 bits per heavy atom. The van der Waals surface area contributed by atoms with Gasteiger partial charge >= 0.3 is 10.4 Å². The van der Waals surface area contributed by atoms with Crippen LogP contribution < -0.4 is 0 Å². The topological polar surface area (TPSA) is 211 Å². The van der Waals surface area contributed by atoms with Gasteiger partial charge in [0.25, 0.3) is 0 Å². The molecule has 18 atom stereocenters. The Balaban J connectivity index is 1.06. The molecule has 2 aliphatic heterocycles. The Kier molecular flexibility index (Phi) is 14.6. The maximum atomic E-state index is 12.3. The molecule has 0 aromatic heterocycles. The molecule has 336 valence electrons. The second kappa shape index (κ2) is 18.1. The van der Waals surface area contributed by atoms with Gasteiger partial charge in [-0.25, -0.2) is 4.18 Å². The smallest absolute Gasteiger partial charge is 0.394 e. The van der Waals surface area contributed by atoms with Crippen LogP contribution in [0.5, 0.6) is 0 Å². The van der Waals surface area contributed by atoms with Gasteiger partial charge < -0.3 is 49.6 Å². The standard InChI is InChI=1S/C42H74NO14S/c1-23(2)10-9-11-24(3)28-14-15-29-27-13-12-25-20-26(16-18-41(25,4)30(27)17-19-42(28,29)5)53-39-37(49)35(47)38(31(21-44)54-39)56-40-36(48)34(46)33(45)32(55-40)22-52-58(50,51)57-43(6,7)8/h12,23-24,26-40,44-49H,9-11,13-22H2,1-8H3/q+1/t24-,26+,27+,28-,29+,30+,31-,32-,33-,34+,35-,36-,37-,38-,39-,40-,41+,42?/m1/s1. The minimum absolute atomic E-state index is 0.0775. The molecule has 6 rings (SSSR count). The van der Waals surface area contributed by atoms with Gasteiger partial charge in [-0.3, -0.25) is 0 Å². The Morgan fingerprint density at radius 1 is 0.828 bits per heavy atom. The number of aliphatic hydroxyl groups is 6. The first-order valence-corrected chi connectivity index (χ1v) is 23.2. The van der Waals surface area contributed by atoms with Crippen molar-refractivity contribution in [3.05, 3.63) is 11.6 Å². The van der Waals surface area contributed by atoms with E-state index in [1.54, 1.807) is 0 Å². The largest absolute Gasteiger partial charge is 0.444 e. The van der Waals surface area contributed by atoms with Gasteiger partial charge in [0, 0.05) is 0 Å². The van der Waals surface area contributed by atoms with E-state index in [1.165, 1.54) is 71.7 Å². The number of quaternary nitrogens is 1. The molecule has 0 spiro atoms. The SMILES string of the molecule is CC(C)CCC[C@@H](C)[C@H]1CC[C@H]2[C@@H]3CC=C4C[C@@H](O[C@@H]5O[C@H](CO)[C@@H](O[C@H]6O[C@H](COS(=O)(=O)O[N+](C)(C)C)[C@@H](O)[C@H](O)[C@H]6O)[C@H](O)[C@H]5O)CC[C@]4(C)[C@H]3CCC12C. The van der Waals surface area contributed by atoms with Gasteiger partial charge in [-0.1, -0.05) is 65.5 Å². The number of nitrogens with zero attached hydrogens (tertiary/aromatic N) is 1. The van der Waals surface area contributed by atoms with Gasteiger partial charge in [-0.05, 0) is 102 Å². The molecule has 0 aromatic rings. The fraction of sp³-hybridized carbons (Fsp3) is 0.952. The summed E-state index contributed by atoms with van der Waals surface area (Å²) < 4.78 is 57.6. The first-order chi connectivity index (χ1) is 27.1. The van der Waals surface area contributed by atoms with Crippen molar-refractivity contribution < 1.29 is 71.1 Å². The maximum Gasteiger partial charge on any atom is 0.444 e. The fourth-order valence-corrected chi connectivity index (χ4v) is 12.9. The van der Waals surface area contributed by atoms with Crippen LogP contribution in [0.1, 0.15) is 105 Å². The van der Waals surface area contributed by atoms with Crippen LogP contribution in [0.3, 0.4) is 0 Å². The minimum Gasteiger partial charge on any atom is -0.394 e. The first-order valence-electron chi connectivity index (χ1n) is 21.8. The predicted molar refractivity (Wildman–Crippen MR) is 211 cm³/mol. The molecule has 15 nitrogen and oxygen atoms in total. The lowest BCUT2D eigenvalue weighted by Gasteiger charge is -2.58. The Bertz CT molecular complexity index is 1520. The number of hydrogen-bond donors (Lipinski definition) is 6. The zero-order valence-electron chi connectivity index (χ0n) is 35.9. The maximum absolute atomic E-state index is 12.3. The van der Waals surface area contributed by atoms with Crippen LogP contribution >= 0.6 is 0 Å². The molecule has 2 heterocycles. The summed E-state index contributed by atoms with van der Waals surface area (Å²) in [5.41, 5.74) is 1.88. The second-order valence-electron chi connectivity index (χ2n) is 20.3. The highest BCUT2D eigenvalue weighted by molar-refractivity contribution is 7.81. The summed E-state index contributed by atoms with van der Waals surface area (Å²) >= 11 is 0. The molecule has 6 aliphatic rings. The summed E-state index contributed by atoms with van der Waals surface area (Å²) in [6.07, 6.45) is -1.25. The van der Waals surface area contributed by atoms with E-state index >= 15 is 0 Å². The first kappa shape index (κ1) is 46.7. The van der Waals surface area contributed by atoms with Crippen molar-refractivity contribution in [2.24, 2.45) is 46.3 Å². The van der Waals surface area contributed by atoms with Crippen LogP contribution in [0.4, 0.5) is 0 Å². The Hall–Kier alpha value is -0.830. The van der Waals surface area contributed by atoms with Crippen LogP contribution in [0.15, 0.2) is 11.6 Å². The Labute approximate surface area is 345 Å². The zero-order chi connectivity index (χ0) is 42.5. The van der Waals surface area contributed by atoms with E-state index in [4.69, 9.17) is 27.4 Å². The van der Waals surface area contributed by atoms with Crippen LogP contribution in [0.2, 0.25) is 0 Å². The molecule has 0 radical (unpaired) electrons. The van der Waals surface area contributed by atoms with Gasteiger partial charge in [-0.15, -0.1) is 0 Å². The van der Waals surface area contributed by atoms with Crippen molar-refractivity contribution in [3.8, 4) is 0 Å². The molecule has 0 aromatic carbocycles. The van der Waals surface area contributed by atoms with Crippen molar-refractivity contribution in [1.82, 2.24) is 0 Å². The normalized spacial score (nSPS) is 45.3. The molecule has 5 fully saturated rings. The van der Waals surface area contributed by atoms with Gasteiger partial charge in [-0.2, -0.15) is 13.1 Å². The van der Waals surface area contributed by atoms with E-state index < -0.39 is 89.7 Å². The molecule has 0 amide bonds. The molecule has 4 aliphatic carbocycles. The molecular formula is C42H74NO14S+. The number of rotatable bonds is 15.